The number of thiophene rings is 1. The molecule has 9 nitrogen and oxygen atoms in total. The van der Waals surface area contributed by atoms with Crippen molar-refractivity contribution in [3.8, 4) is 10.7 Å². The lowest BCUT2D eigenvalue weighted by Gasteiger charge is -2.26. The van der Waals surface area contributed by atoms with E-state index in [9.17, 15) is 9.59 Å². The molecule has 1 unspecified atom stereocenters. The molecule has 0 spiro atoms. The van der Waals surface area contributed by atoms with Gasteiger partial charge in [-0.3, -0.25) is 0 Å². The van der Waals surface area contributed by atoms with Crippen LogP contribution in [0, 0.1) is 0 Å². The Morgan fingerprint density at radius 1 is 1.50 bits per heavy atom. The number of esters is 1. The van der Waals surface area contributed by atoms with E-state index in [0.717, 1.165) is 4.88 Å². The van der Waals surface area contributed by atoms with E-state index < -0.39 is 12.0 Å². The highest BCUT2D eigenvalue weighted by atomic mass is 32.2. The van der Waals surface area contributed by atoms with Crippen molar-refractivity contribution in [2.24, 2.45) is 0 Å². The quantitative estimate of drug-likeness (QED) is 0.383. The van der Waals surface area contributed by atoms with Gasteiger partial charge in [-0.2, -0.15) is 0 Å². The number of thioether (sulfide) groups is 1. The van der Waals surface area contributed by atoms with Crippen LogP contribution in [0.3, 0.4) is 0 Å². The van der Waals surface area contributed by atoms with Gasteiger partial charge in [0.15, 0.2) is 5.82 Å². The highest BCUT2D eigenvalue weighted by molar-refractivity contribution is 7.99. The molecule has 0 saturated heterocycles. The number of urea groups is 1. The predicted octanol–water partition coefficient (Wildman–Crippen LogP) is 1.33. The number of carbonyl (C=O) groups excluding carboxylic acids is 2. The first-order valence-corrected chi connectivity index (χ1v) is 9.72. The van der Waals surface area contributed by atoms with Crippen LogP contribution in [0.1, 0.15) is 13.8 Å². The summed E-state index contributed by atoms with van der Waals surface area (Å²) < 4.78 is 6.49. The maximum Gasteiger partial charge on any atom is 0.337 e. The number of rotatable bonds is 6. The van der Waals surface area contributed by atoms with Crippen molar-refractivity contribution < 1.29 is 14.3 Å². The number of aromatic nitrogens is 3. The minimum absolute atomic E-state index is 0.255. The summed E-state index contributed by atoms with van der Waals surface area (Å²) in [5, 5.41) is 15.9. The third-order valence-electron chi connectivity index (χ3n) is 3.62. The minimum Gasteiger partial charge on any atom is -0.463 e. The predicted molar refractivity (Wildman–Crippen MR) is 99.0 cm³/mol. The van der Waals surface area contributed by atoms with Crippen molar-refractivity contribution in [1.29, 1.82) is 0 Å². The van der Waals surface area contributed by atoms with E-state index in [1.165, 1.54) is 27.8 Å². The molecular weight excluding hydrogens is 376 g/mol. The van der Waals surface area contributed by atoms with Crippen molar-refractivity contribution in [2.75, 3.05) is 18.2 Å². The molecule has 0 saturated carbocycles. The molecule has 3 heterocycles. The number of carbonyl (C=O) groups is 2. The summed E-state index contributed by atoms with van der Waals surface area (Å²) in [6.45, 7) is 3.72. The van der Waals surface area contributed by atoms with Gasteiger partial charge in [-0.05, 0) is 25.3 Å². The van der Waals surface area contributed by atoms with Gasteiger partial charge in [0, 0.05) is 11.4 Å². The lowest BCUT2D eigenvalue weighted by Crippen LogP contribution is -2.49. The maximum atomic E-state index is 12.2. The molecule has 138 valence electrons. The second-order valence-electron chi connectivity index (χ2n) is 5.38. The normalized spacial score (nSPS) is 17.0. The maximum absolute atomic E-state index is 12.2. The number of amides is 2. The van der Waals surface area contributed by atoms with Gasteiger partial charge < -0.3 is 21.2 Å². The third kappa shape index (κ3) is 3.68. The Balaban J connectivity index is 1.81. The van der Waals surface area contributed by atoms with Crippen LogP contribution >= 0.6 is 23.1 Å². The lowest BCUT2D eigenvalue weighted by molar-refractivity contribution is -0.138. The van der Waals surface area contributed by atoms with Crippen LogP contribution in [-0.4, -0.2) is 45.3 Å². The summed E-state index contributed by atoms with van der Waals surface area (Å²) in [7, 11) is 0. The Morgan fingerprint density at radius 3 is 3.00 bits per heavy atom. The van der Waals surface area contributed by atoms with Gasteiger partial charge in [0.05, 0.1) is 23.1 Å². The van der Waals surface area contributed by atoms with Gasteiger partial charge in [-0.1, -0.05) is 17.8 Å². The molecule has 0 radical (unpaired) electrons. The fourth-order valence-electron chi connectivity index (χ4n) is 2.48. The fraction of sp³-hybridized carbons (Fsp3) is 0.333. The van der Waals surface area contributed by atoms with E-state index in [1.807, 2.05) is 17.5 Å². The van der Waals surface area contributed by atoms with Gasteiger partial charge in [-0.25, -0.2) is 14.3 Å². The van der Waals surface area contributed by atoms with Crippen LogP contribution in [0.4, 0.5) is 4.79 Å². The topological polar surface area (TPSA) is 124 Å². The molecule has 0 fully saturated rings. The molecule has 1 aliphatic rings. The van der Waals surface area contributed by atoms with Crippen LogP contribution in [0.15, 0.2) is 33.9 Å². The van der Waals surface area contributed by atoms with Gasteiger partial charge in [0.1, 0.15) is 0 Å². The lowest BCUT2D eigenvalue weighted by atomic mass is 10.1. The fourth-order valence-corrected chi connectivity index (χ4v) is 4.01. The summed E-state index contributed by atoms with van der Waals surface area (Å²) in [4.78, 5) is 24.9. The first kappa shape index (κ1) is 18.3. The molecule has 1 aliphatic heterocycles. The molecule has 11 heteroatoms. The van der Waals surface area contributed by atoms with E-state index in [1.54, 1.807) is 13.8 Å². The van der Waals surface area contributed by atoms with Crippen molar-refractivity contribution in [1.82, 2.24) is 25.5 Å². The van der Waals surface area contributed by atoms with Gasteiger partial charge in [-0.15, -0.1) is 21.5 Å². The van der Waals surface area contributed by atoms with E-state index >= 15 is 0 Å². The number of nitrogens with two attached hydrogens (primary N) is 1. The molecule has 2 amide bonds. The monoisotopic (exact) mass is 394 g/mol. The van der Waals surface area contributed by atoms with Crippen molar-refractivity contribution >= 4 is 35.1 Å². The van der Waals surface area contributed by atoms with Gasteiger partial charge in [0.25, 0.3) is 0 Å². The van der Waals surface area contributed by atoms with E-state index in [0.29, 0.717) is 28.0 Å². The van der Waals surface area contributed by atoms with Crippen LogP contribution in [-0.2, 0) is 9.53 Å². The highest BCUT2D eigenvalue weighted by Gasteiger charge is 2.30. The first-order chi connectivity index (χ1) is 12.5. The molecule has 2 aromatic rings. The summed E-state index contributed by atoms with van der Waals surface area (Å²) in [6, 6.07) is 3.00. The zero-order valence-corrected chi connectivity index (χ0v) is 15.8. The molecule has 3 rings (SSSR count). The zero-order chi connectivity index (χ0) is 18.7. The number of nitrogens with zero attached hydrogens (tertiary/aromatic N) is 3. The summed E-state index contributed by atoms with van der Waals surface area (Å²) in [5.74, 6) is 6.47. The van der Waals surface area contributed by atoms with E-state index in [2.05, 4.69) is 20.8 Å². The Hall–Kier alpha value is -2.53. The highest BCUT2D eigenvalue weighted by Crippen LogP contribution is 2.27. The average Bonchev–Trinajstić information content (AvgIpc) is 3.22. The molecule has 0 aliphatic carbocycles. The summed E-state index contributed by atoms with van der Waals surface area (Å²) >= 11 is 2.79. The average molecular weight is 394 g/mol. The minimum atomic E-state index is -0.461. The largest absolute Gasteiger partial charge is 0.463 e. The summed E-state index contributed by atoms with van der Waals surface area (Å²) in [5.41, 5.74) is 0.867. The van der Waals surface area contributed by atoms with Crippen LogP contribution in [0.25, 0.3) is 10.7 Å². The number of nitrogens with one attached hydrogen (secondary N) is 2. The third-order valence-corrected chi connectivity index (χ3v) is 5.45. The molecule has 26 heavy (non-hydrogen) atoms. The molecule has 4 N–H and O–H groups in total. The number of ether oxygens (including phenoxy) is 1. The molecule has 1 atom stereocenters. The number of hydrogen-bond donors (Lipinski definition) is 3. The number of hydrogen-bond acceptors (Lipinski definition) is 8. The Kier molecular flexibility index (Phi) is 5.47. The Labute approximate surface area is 158 Å². The van der Waals surface area contributed by atoms with Gasteiger partial charge >= 0.3 is 12.0 Å². The molecule has 2 aromatic heterocycles. The molecular formula is C15H18N6O3S2. The second-order valence-corrected chi connectivity index (χ2v) is 7.27. The smallest absolute Gasteiger partial charge is 0.337 e. The second kappa shape index (κ2) is 7.79. The first-order valence-electron chi connectivity index (χ1n) is 7.86. The molecule has 0 aromatic carbocycles. The van der Waals surface area contributed by atoms with Crippen molar-refractivity contribution in [3.05, 3.63) is 28.8 Å². The molecule has 0 bridgehead atoms. The summed E-state index contributed by atoms with van der Waals surface area (Å²) in [6.07, 6.45) is 0. The standard InChI is InChI=1S/C15H18N6O3S2/c1-3-24-13(22)11-8(2)17-14(23)18-9(11)7-26-15-20-19-12(21(15)16)10-5-4-6-25-10/h4-6,8H,3,7,16H2,1-2H3,(H2,17,18,23). The van der Waals surface area contributed by atoms with Crippen LogP contribution in [0.5, 0.6) is 0 Å². The van der Waals surface area contributed by atoms with Crippen molar-refractivity contribution in [3.63, 3.8) is 0 Å². The van der Waals surface area contributed by atoms with Crippen molar-refractivity contribution in [2.45, 2.75) is 25.0 Å². The van der Waals surface area contributed by atoms with Gasteiger partial charge in [0.2, 0.25) is 5.16 Å². The number of nitrogen functional groups attached to an aromatic ring is 1. The SMILES string of the molecule is CCOC(=O)C1=C(CSc2nnc(-c3cccs3)n2N)NC(=O)NC1C. The van der Waals surface area contributed by atoms with E-state index in [4.69, 9.17) is 10.6 Å². The van der Waals surface area contributed by atoms with Crippen LogP contribution < -0.4 is 16.5 Å². The zero-order valence-electron chi connectivity index (χ0n) is 14.2. The van der Waals surface area contributed by atoms with E-state index in [-0.39, 0.29) is 12.6 Å². The van der Waals surface area contributed by atoms with Crippen LogP contribution in [0.2, 0.25) is 0 Å². The Morgan fingerprint density at radius 2 is 2.31 bits per heavy atom. The Bertz CT molecular complexity index is 846.